The van der Waals surface area contributed by atoms with E-state index < -0.39 is 5.97 Å². The van der Waals surface area contributed by atoms with Gasteiger partial charge in [0.1, 0.15) is 0 Å². The molecule has 0 aliphatic rings. The first kappa shape index (κ1) is 27.4. The van der Waals surface area contributed by atoms with Crippen LogP contribution in [0.4, 0.5) is 0 Å². The Morgan fingerprint density at radius 3 is 1.48 bits per heavy atom. The summed E-state index contributed by atoms with van der Waals surface area (Å²) in [5.74, 6) is -0.124. The first-order valence-corrected chi connectivity index (χ1v) is 13.7. The molecule has 0 spiro atoms. The monoisotopic (exact) mass is 740 g/mol. The van der Waals surface area contributed by atoms with E-state index in [1.165, 1.54) is 44.9 Å². The highest BCUT2D eigenvalue weighted by molar-refractivity contribution is 14.1. The lowest BCUT2D eigenvalue weighted by atomic mass is 10.0. The largest absolute Gasteiger partial charge is 0.481 e. The van der Waals surface area contributed by atoms with Crippen LogP contribution in [0, 0.1) is 10.7 Å². The minimum Gasteiger partial charge on any atom is -0.481 e. The lowest BCUT2D eigenvalue weighted by Crippen LogP contribution is -2.09. The number of unbranched alkanes of at least 4 members (excludes halogenated alkanes) is 11. The summed E-state index contributed by atoms with van der Waals surface area (Å²) in [4.78, 5) is 22.5. The van der Waals surface area contributed by atoms with Crippen LogP contribution in [0.1, 0.15) is 89.9 Å². The summed E-state index contributed by atoms with van der Waals surface area (Å²) >= 11 is 6.70. The molecule has 1 aromatic carbocycles. The SMILES string of the molecule is O=C(O)CCCCCCCCCCCCCCC(=O)Oc1c(I)cc(I)cc1I. The Hall–Kier alpha value is 0.350. The van der Waals surface area contributed by atoms with Crippen LogP contribution in [0.2, 0.25) is 0 Å². The van der Waals surface area contributed by atoms with E-state index in [0.717, 1.165) is 42.8 Å². The van der Waals surface area contributed by atoms with Gasteiger partial charge in [0, 0.05) is 16.4 Å². The Labute approximate surface area is 215 Å². The first-order valence-electron chi connectivity index (χ1n) is 10.5. The normalized spacial score (nSPS) is 10.9. The van der Waals surface area contributed by atoms with Gasteiger partial charge in [0.15, 0.2) is 5.75 Å². The Morgan fingerprint density at radius 1 is 0.690 bits per heavy atom. The lowest BCUT2D eigenvalue weighted by Gasteiger charge is -2.09. The van der Waals surface area contributed by atoms with E-state index in [-0.39, 0.29) is 5.97 Å². The van der Waals surface area contributed by atoms with Gasteiger partial charge in [0.05, 0.1) is 7.14 Å². The van der Waals surface area contributed by atoms with Crippen molar-refractivity contribution in [3.63, 3.8) is 0 Å². The highest BCUT2D eigenvalue weighted by atomic mass is 127. The molecule has 164 valence electrons. The van der Waals surface area contributed by atoms with E-state index in [0.29, 0.717) is 18.6 Å². The highest BCUT2D eigenvalue weighted by Gasteiger charge is 2.12. The molecule has 0 unspecified atom stereocenters. The van der Waals surface area contributed by atoms with Crippen molar-refractivity contribution in [2.45, 2.75) is 89.9 Å². The molecule has 0 amide bonds. The number of carbonyl (C=O) groups is 2. The van der Waals surface area contributed by atoms with Gasteiger partial charge in [-0.3, -0.25) is 9.59 Å². The van der Waals surface area contributed by atoms with Crippen molar-refractivity contribution in [2.75, 3.05) is 0 Å². The number of hydrogen-bond acceptors (Lipinski definition) is 3. The summed E-state index contributed by atoms with van der Waals surface area (Å²) in [7, 11) is 0. The molecule has 0 bridgehead atoms. The molecule has 0 aliphatic carbocycles. The zero-order valence-electron chi connectivity index (χ0n) is 16.9. The van der Waals surface area contributed by atoms with Crippen LogP contribution in [-0.2, 0) is 9.59 Å². The van der Waals surface area contributed by atoms with Crippen molar-refractivity contribution >= 4 is 79.7 Å². The zero-order chi connectivity index (χ0) is 21.5. The fourth-order valence-corrected chi connectivity index (χ4v) is 6.91. The Morgan fingerprint density at radius 2 is 1.07 bits per heavy atom. The molecule has 29 heavy (non-hydrogen) atoms. The predicted octanol–water partition coefficient (Wildman–Crippen LogP) is 7.95. The van der Waals surface area contributed by atoms with Gasteiger partial charge in [0.25, 0.3) is 0 Å². The smallest absolute Gasteiger partial charge is 0.311 e. The summed E-state index contributed by atoms with van der Waals surface area (Å²) < 4.78 is 8.67. The van der Waals surface area contributed by atoms with Crippen molar-refractivity contribution in [1.29, 1.82) is 0 Å². The van der Waals surface area contributed by atoms with E-state index in [4.69, 9.17) is 9.84 Å². The molecule has 0 aromatic heterocycles. The number of carboxylic acid groups (broad SMARTS) is 1. The van der Waals surface area contributed by atoms with Gasteiger partial charge < -0.3 is 9.84 Å². The van der Waals surface area contributed by atoms with Gasteiger partial charge in [-0.1, -0.05) is 64.2 Å². The summed E-state index contributed by atoms with van der Waals surface area (Å²) in [5, 5.41) is 8.58. The number of aliphatic carboxylic acids is 1. The third-order valence-electron chi connectivity index (χ3n) is 4.70. The van der Waals surface area contributed by atoms with Crippen molar-refractivity contribution in [3.05, 3.63) is 22.8 Å². The van der Waals surface area contributed by atoms with Crippen LogP contribution in [0.3, 0.4) is 0 Å². The van der Waals surface area contributed by atoms with Crippen LogP contribution >= 0.6 is 67.8 Å². The van der Waals surface area contributed by atoms with E-state index in [2.05, 4.69) is 67.8 Å². The second kappa shape index (κ2) is 17.0. The number of esters is 1. The molecular formula is C22H31I3O4. The number of carbonyl (C=O) groups excluding carboxylic acids is 1. The van der Waals surface area contributed by atoms with E-state index in [1.54, 1.807) is 0 Å². The Balaban J connectivity index is 1.94. The van der Waals surface area contributed by atoms with Gasteiger partial charge >= 0.3 is 11.9 Å². The summed E-state index contributed by atoms with van der Waals surface area (Å²) in [6.07, 6.45) is 14.5. The zero-order valence-corrected chi connectivity index (χ0v) is 23.3. The van der Waals surface area contributed by atoms with Gasteiger partial charge in [-0.15, -0.1) is 0 Å². The number of halogens is 3. The summed E-state index contributed by atoms with van der Waals surface area (Å²) in [6.45, 7) is 0. The molecule has 0 saturated carbocycles. The molecule has 0 heterocycles. The summed E-state index contributed by atoms with van der Waals surface area (Å²) in [6, 6.07) is 4.04. The molecule has 0 aliphatic heterocycles. The van der Waals surface area contributed by atoms with Crippen molar-refractivity contribution < 1.29 is 19.4 Å². The maximum absolute atomic E-state index is 12.1. The topological polar surface area (TPSA) is 63.6 Å². The minimum atomic E-state index is -0.683. The molecule has 7 heteroatoms. The van der Waals surface area contributed by atoms with Crippen molar-refractivity contribution in [3.8, 4) is 5.75 Å². The van der Waals surface area contributed by atoms with Crippen LogP contribution in [-0.4, -0.2) is 17.0 Å². The quantitative estimate of drug-likeness (QED) is 0.0810. The standard InChI is InChI=1S/C22H31I3O4/c23-17-15-18(24)22(19(25)16-17)29-21(28)14-12-10-8-6-4-2-1-3-5-7-9-11-13-20(26)27/h15-16H,1-14H2,(H,26,27). The maximum Gasteiger partial charge on any atom is 0.311 e. The number of rotatable bonds is 16. The van der Waals surface area contributed by atoms with Crippen molar-refractivity contribution in [1.82, 2.24) is 0 Å². The number of benzene rings is 1. The van der Waals surface area contributed by atoms with Crippen LogP contribution < -0.4 is 4.74 Å². The second-order valence-corrected chi connectivity index (χ2v) is 10.9. The third kappa shape index (κ3) is 14.1. The van der Waals surface area contributed by atoms with Crippen LogP contribution in [0.5, 0.6) is 5.75 Å². The van der Waals surface area contributed by atoms with Crippen LogP contribution in [0.25, 0.3) is 0 Å². The number of hydrogen-bond donors (Lipinski definition) is 1. The Bertz CT molecular complexity index is 611. The van der Waals surface area contributed by atoms with Gasteiger partial charge in [-0.2, -0.15) is 0 Å². The van der Waals surface area contributed by atoms with Crippen LogP contribution in [0.15, 0.2) is 12.1 Å². The average Bonchev–Trinajstić information content (AvgIpc) is 2.64. The molecule has 0 saturated heterocycles. The Kier molecular flexibility index (Phi) is 16.0. The molecule has 0 atom stereocenters. The fourth-order valence-electron chi connectivity index (χ4n) is 3.10. The molecule has 0 radical (unpaired) electrons. The highest BCUT2D eigenvalue weighted by Crippen LogP contribution is 2.30. The lowest BCUT2D eigenvalue weighted by molar-refractivity contribution is -0.137. The fraction of sp³-hybridized carbons (Fsp3) is 0.636. The van der Waals surface area contributed by atoms with Gasteiger partial charge in [0.2, 0.25) is 0 Å². The van der Waals surface area contributed by atoms with Gasteiger partial charge in [-0.05, 0) is 92.7 Å². The molecule has 1 rings (SSSR count). The second-order valence-electron chi connectivity index (χ2n) is 7.31. The maximum atomic E-state index is 12.1. The molecular weight excluding hydrogens is 709 g/mol. The molecule has 1 N–H and O–H groups in total. The molecule has 4 nitrogen and oxygen atoms in total. The molecule has 0 fully saturated rings. The summed E-state index contributed by atoms with van der Waals surface area (Å²) in [5.41, 5.74) is 0. The van der Waals surface area contributed by atoms with E-state index >= 15 is 0 Å². The minimum absolute atomic E-state index is 0.134. The van der Waals surface area contributed by atoms with Gasteiger partial charge in [-0.25, -0.2) is 0 Å². The van der Waals surface area contributed by atoms with E-state index in [9.17, 15) is 9.59 Å². The number of ether oxygens (including phenoxy) is 1. The van der Waals surface area contributed by atoms with Crippen molar-refractivity contribution in [2.24, 2.45) is 0 Å². The third-order valence-corrected chi connectivity index (χ3v) is 6.93. The first-order chi connectivity index (χ1) is 13.9. The average molecular weight is 740 g/mol. The van der Waals surface area contributed by atoms with E-state index in [1.807, 2.05) is 12.1 Å². The predicted molar refractivity (Wildman–Crippen MR) is 143 cm³/mol. The molecule has 1 aromatic rings. The number of carboxylic acids is 1.